The summed E-state index contributed by atoms with van der Waals surface area (Å²) < 4.78 is 5.40. The first-order chi connectivity index (χ1) is 8.19. The highest BCUT2D eigenvalue weighted by atomic mass is 16.3. The van der Waals surface area contributed by atoms with Crippen LogP contribution in [0.15, 0.2) is 16.5 Å². The second kappa shape index (κ2) is 5.47. The Morgan fingerprint density at radius 3 is 3.06 bits per heavy atom. The molecule has 4 heteroatoms. The van der Waals surface area contributed by atoms with Gasteiger partial charge in [-0.2, -0.15) is 0 Å². The lowest BCUT2D eigenvalue weighted by atomic mass is 10.1. The van der Waals surface area contributed by atoms with E-state index in [-0.39, 0.29) is 0 Å². The molecule has 2 rings (SSSR count). The number of piperidine rings is 1. The van der Waals surface area contributed by atoms with Gasteiger partial charge < -0.3 is 9.32 Å². The van der Waals surface area contributed by atoms with E-state index >= 15 is 0 Å². The van der Waals surface area contributed by atoms with Gasteiger partial charge in [-0.3, -0.25) is 9.69 Å². The minimum atomic E-state index is 0.411. The Balaban J connectivity index is 1.91. The Morgan fingerprint density at radius 1 is 1.59 bits per heavy atom. The van der Waals surface area contributed by atoms with Crippen molar-refractivity contribution in [3.05, 3.63) is 23.7 Å². The van der Waals surface area contributed by atoms with Gasteiger partial charge in [-0.1, -0.05) is 0 Å². The van der Waals surface area contributed by atoms with Crippen molar-refractivity contribution >= 4 is 6.29 Å². The van der Waals surface area contributed by atoms with Crippen LogP contribution in [0.4, 0.5) is 0 Å². The summed E-state index contributed by atoms with van der Waals surface area (Å²) in [4.78, 5) is 15.2. The number of nitrogens with zero attached hydrogens (tertiary/aromatic N) is 2. The molecule has 4 nitrogen and oxygen atoms in total. The summed E-state index contributed by atoms with van der Waals surface area (Å²) >= 11 is 0. The average molecular weight is 236 g/mol. The normalized spacial score (nSPS) is 21.9. The molecule has 0 bridgehead atoms. The van der Waals surface area contributed by atoms with Gasteiger partial charge in [0.2, 0.25) is 0 Å². The molecule has 0 aromatic carbocycles. The molecule has 1 aromatic heterocycles. The number of carbonyl (C=O) groups excluding carboxylic acids is 1. The van der Waals surface area contributed by atoms with Crippen molar-refractivity contribution in [1.29, 1.82) is 0 Å². The lowest BCUT2D eigenvalue weighted by molar-refractivity contribution is 0.108. The molecule has 1 saturated heterocycles. The third-order valence-electron chi connectivity index (χ3n) is 3.43. The summed E-state index contributed by atoms with van der Waals surface area (Å²) in [6.45, 7) is 3.07. The van der Waals surface area contributed by atoms with Crippen molar-refractivity contribution < 1.29 is 9.21 Å². The van der Waals surface area contributed by atoms with Crippen molar-refractivity contribution in [3.63, 3.8) is 0 Å². The van der Waals surface area contributed by atoms with E-state index in [2.05, 4.69) is 23.9 Å². The molecule has 0 spiro atoms. The zero-order valence-electron chi connectivity index (χ0n) is 10.6. The number of hydrogen-bond acceptors (Lipinski definition) is 4. The molecule has 94 valence electrons. The zero-order chi connectivity index (χ0) is 12.3. The lowest BCUT2D eigenvalue weighted by Gasteiger charge is -2.35. The maximum absolute atomic E-state index is 10.5. The van der Waals surface area contributed by atoms with Gasteiger partial charge in [-0.15, -0.1) is 0 Å². The minimum Gasteiger partial charge on any atom is -0.457 e. The molecule has 17 heavy (non-hydrogen) atoms. The molecule has 0 amide bonds. The molecule has 1 fully saturated rings. The van der Waals surface area contributed by atoms with Crippen LogP contribution in [0.25, 0.3) is 0 Å². The van der Waals surface area contributed by atoms with Gasteiger partial charge in [-0.05, 0) is 45.6 Å². The van der Waals surface area contributed by atoms with Gasteiger partial charge in [0.25, 0.3) is 0 Å². The molecule has 0 aliphatic carbocycles. The first-order valence-corrected chi connectivity index (χ1v) is 6.11. The highest BCUT2D eigenvalue weighted by Gasteiger charge is 2.21. The Labute approximate surface area is 102 Å². The molecule has 1 unspecified atom stereocenters. The highest BCUT2D eigenvalue weighted by Crippen LogP contribution is 2.16. The number of carbonyl (C=O) groups is 1. The van der Waals surface area contributed by atoms with Crippen LogP contribution in [0.5, 0.6) is 0 Å². The predicted octanol–water partition coefficient (Wildman–Crippen LogP) is 1.62. The van der Waals surface area contributed by atoms with Gasteiger partial charge >= 0.3 is 0 Å². The van der Waals surface area contributed by atoms with Gasteiger partial charge in [0.1, 0.15) is 5.76 Å². The van der Waals surface area contributed by atoms with Crippen LogP contribution in [0.2, 0.25) is 0 Å². The topological polar surface area (TPSA) is 36.7 Å². The number of rotatable bonds is 4. The van der Waals surface area contributed by atoms with E-state index in [1.165, 1.54) is 19.4 Å². The molecule has 0 N–H and O–H groups in total. The largest absolute Gasteiger partial charge is 0.457 e. The minimum absolute atomic E-state index is 0.411. The maximum Gasteiger partial charge on any atom is 0.185 e. The van der Waals surface area contributed by atoms with Crippen LogP contribution in [0.1, 0.15) is 29.2 Å². The zero-order valence-corrected chi connectivity index (χ0v) is 10.6. The average Bonchev–Trinajstić information content (AvgIpc) is 2.77. The summed E-state index contributed by atoms with van der Waals surface area (Å²) in [7, 11) is 4.28. The van der Waals surface area contributed by atoms with E-state index in [1.54, 1.807) is 6.07 Å². The highest BCUT2D eigenvalue weighted by molar-refractivity contribution is 5.70. The van der Waals surface area contributed by atoms with Crippen LogP contribution < -0.4 is 0 Å². The van der Waals surface area contributed by atoms with Crippen molar-refractivity contribution in [2.24, 2.45) is 0 Å². The third kappa shape index (κ3) is 3.17. The monoisotopic (exact) mass is 236 g/mol. The molecular formula is C13H20N2O2. The van der Waals surface area contributed by atoms with Crippen molar-refractivity contribution in [3.8, 4) is 0 Å². The second-order valence-electron chi connectivity index (χ2n) is 4.90. The Morgan fingerprint density at radius 2 is 2.41 bits per heavy atom. The van der Waals surface area contributed by atoms with Crippen LogP contribution >= 0.6 is 0 Å². The number of hydrogen-bond donors (Lipinski definition) is 0. The van der Waals surface area contributed by atoms with Gasteiger partial charge in [0.15, 0.2) is 12.0 Å². The smallest absolute Gasteiger partial charge is 0.185 e. The molecule has 2 heterocycles. The Bertz CT molecular complexity index is 375. The van der Waals surface area contributed by atoms with E-state index in [0.717, 1.165) is 25.1 Å². The molecule has 1 atom stereocenters. The van der Waals surface area contributed by atoms with Crippen molar-refractivity contribution in [2.75, 3.05) is 27.2 Å². The van der Waals surface area contributed by atoms with Crippen LogP contribution in [-0.2, 0) is 6.54 Å². The summed E-state index contributed by atoms with van der Waals surface area (Å²) in [6, 6.07) is 4.19. The molecular weight excluding hydrogens is 216 g/mol. The summed E-state index contributed by atoms with van der Waals surface area (Å²) in [5.41, 5.74) is 0. The summed E-state index contributed by atoms with van der Waals surface area (Å²) in [5.74, 6) is 1.27. The Kier molecular flexibility index (Phi) is 3.97. The standard InChI is InChI=1S/C13H20N2O2/c1-14-7-3-4-11(8-14)15(2)9-12-5-6-13(10-16)17-12/h5-6,10-11H,3-4,7-9H2,1-2H3. The number of furan rings is 1. The lowest BCUT2D eigenvalue weighted by Crippen LogP contribution is -2.44. The van der Waals surface area contributed by atoms with Crippen LogP contribution in [-0.4, -0.2) is 49.3 Å². The van der Waals surface area contributed by atoms with Crippen molar-refractivity contribution in [2.45, 2.75) is 25.4 Å². The predicted molar refractivity (Wildman–Crippen MR) is 66.1 cm³/mol. The SMILES string of the molecule is CN1CCCC(N(C)Cc2ccc(C=O)o2)C1. The number of likely N-dealkylation sites (N-methyl/N-ethyl adjacent to an activating group) is 2. The second-order valence-corrected chi connectivity index (χ2v) is 4.90. The molecule has 1 aromatic rings. The third-order valence-corrected chi connectivity index (χ3v) is 3.43. The van der Waals surface area contributed by atoms with Crippen molar-refractivity contribution in [1.82, 2.24) is 9.80 Å². The maximum atomic E-state index is 10.5. The molecule has 1 aliphatic heterocycles. The van der Waals surface area contributed by atoms with Crippen LogP contribution in [0.3, 0.4) is 0 Å². The number of likely N-dealkylation sites (tertiary alicyclic amines) is 1. The fraction of sp³-hybridized carbons (Fsp3) is 0.615. The fourth-order valence-corrected chi connectivity index (χ4v) is 2.42. The fourth-order valence-electron chi connectivity index (χ4n) is 2.42. The molecule has 0 radical (unpaired) electrons. The van der Waals surface area contributed by atoms with Crippen LogP contribution in [0, 0.1) is 0 Å². The summed E-state index contributed by atoms with van der Waals surface area (Å²) in [5, 5.41) is 0. The van der Waals surface area contributed by atoms with Gasteiger partial charge in [0, 0.05) is 12.6 Å². The van der Waals surface area contributed by atoms with Gasteiger partial charge in [-0.25, -0.2) is 0 Å². The van der Waals surface area contributed by atoms with Gasteiger partial charge in [0.05, 0.1) is 6.54 Å². The molecule has 1 aliphatic rings. The van der Waals surface area contributed by atoms with E-state index in [1.807, 2.05) is 6.07 Å². The number of aldehydes is 1. The Hall–Kier alpha value is -1.13. The summed E-state index contributed by atoms with van der Waals surface area (Å²) in [6.07, 6.45) is 3.24. The van der Waals surface area contributed by atoms with E-state index in [9.17, 15) is 4.79 Å². The van der Waals surface area contributed by atoms with E-state index in [0.29, 0.717) is 11.8 Å². The molecule has 0 saturated carbocycles. The van der Waals surface area contributed by atoms with E-state index < -0.39 is 0 Å². The quantitative estimate of drug-likeness (QED) is 0.744. The first-order valence-electron chi connectivity index (χ1n) is 6.11. The first kappa shape index (κ1) is 12.3. The van der Waals surface area contributed by atoms with E-state index in [4.69, 9.17) is 4.42 Å².